The molecule has 1 rings (SSSR count). The summed E-state index contributed by atoms with van der Waals surface area (Å²) in [6.07, 6.45) is 5.87. The highest BCUT2D eigenvalue weighted by atomic mass is 16.5. The third-order valence-corrected chi connectivity index (χ3v) is 2.77. The van der Waals surface area contributed by atoms with Gasteiger partial charge in [-0.25, -0.2) is 4.98 Å². The van der Waals surface area contributed by atoms with Crippen LogP contribution in [0.2, 0.25) is 0 Å². The fourth-order valence-corrected chi connectivity index (χ4v) is 1.83. The van der Waals surface area contributed by atoms with Crippen molar-refractivity contribution >= 4 is 0 Å². The summed E-state index contributed by atoms with van der Waals surface area (Å²) >= 11 is 0. The van der Waals surface area contributed by atoms with Crippen LogP contribution in [0.3, 0.4) is 0 Å². The second-order valence-electron chi connectivity index (χ2n) is 4.29. The predicted molar refractivity (Wildman–Crippen MR) is 68.5 cm³/mol. The van der Waals surface area contributed by atoms with E-state index in [2.05, 4.69) is 11.9 Å². The van der Waals surface area contributed by atoms with E-state index in [-0.39, 0.29) is 5.56 Å². The quantitative estimate of drug-likeness (QED) is 0.686. The zero-order valence-corrected chi connectivity index (χ0v) is 11.0. The fraction of sp³-hybridized carbons (Fsp3) is 0.692. The van der Waals surface area contributed by atoms with E-state index in [1.807, 2.05) is 0 Å². The van der Waals surface area contributed by atoms with Gasteiger partial charge in [-0.2, -0.15) is 0 Å². The highest BCUT2D eigenvalue weighted by Gasteiger charge is 2.06. The molecule has 4 heteroatoms. The monoisotopic (exact) mass is 238 g/mol. The molecule has 0 atom stereocenters. The van der Waals surface area contributed by atoms with Crippen molar-refractivity contribution in [1.29, 1.82) is 0 Å². The molecule has 17 heavy (non-hydrogen) atoms. The number of hydrogen-bond acceptors (Lipinski definition) is 3. The lowest BCUT2D eigenvalue weighted by Crippen LogP contribution is -2.22. The first kappa shape index (κ1) is 13.7. The van der Waals surface area contributed by atoms with Crippen LogP contribution in [0.4, 0.5) is 0 Å². The summed E-state index contributed by atoms with van der Waals surface area (Å²) in [5, 5.41) is 0. The van der Waals surface area contributed by atoms with Crippen molar-refractivity contribution in [2.45, 2.75) is 52.5 Å². The topological polar surface area (TPSA) is 44.1 Å². The number of methoxy groups -OCH3 is 1. The second-order valence-corrected chi connectivity index (χ2v) is 4.29. The maximum atomic E-state index is 11.8. The summed E-state index contributed by atoms with van der Waals surface area (Å²) in [4.78, 5) is 16.0. The molecule has 0 saturated carbocycles. The molecule has 96 valence electrons. The van der Waals surface area contributed by atoms with Crippen molar-refractivity contribution in [2.75, 3.05) is 7.11 Å². The average molecular weight is 238 g/mol. The minimum absolute atomic E-state index is 0.0233. The molecular formula is C13H22N2O2. The van der Waals surface area contributed by atoms with E-state index < -0.39 is 0 Å². The van der Waals surface area contributed by atoms with E-state index in [1.165, 1.54) is 19.3 Å². The fourth-order valence-electron chi connectivity index (χ4n) is 1.83. The summed E-state index contributed by atoms with van der Waals surface area (Å²) in [6, 6.07) is 1.97. The minimum Gasteiger partial charge on any atom is -0.468 e. The van der Waals surface area contributed by atoms with E-state index in [9.17, 15) is 4.79 Å². The van der Waals surface area contributed by atoms with Gasteiger partial charge in [-0.15, -0.1) is 0 Å². The Balaban J connectivity index is 2.61. The van der Waals surface area contributed by atoms with E-state index in [1.54, 1.807) is 24.7 Å². The molecule has 0 saturated heterocycles. The van der Waals surface area contributed by atoms with Crippen LogP contribution in [-0.2, 0) is 6.54 Å². The third kappa shape index (κ3) is 4.21. The molecule has 1 aromatic rings. The normalized spacial score (nSPS) is 10.5. The highest BCUT2D eigenvalue weighted by molar-refractivity contribution is 5.06. The lowest BCUT2D eigenvalue weighted by atomic mass is 10.1. The van der Waals surface area contributed by atoms with Crippen LogP contribution < -0.4 is 10.3 Å². The van der Waals surface area contributed by atoms with Crippen molar-refractivity contribution in [3.8, 4) is 6.01 Å². The molecule has 1 heterocycles. The first-order valence-corrected chi connectivity index (χ1v) is 6.31. The summed E-state index contributed by atoms with van der Waals surface area (Å²) in [7, 11) is 1.55. The molecule has 0 N–H and O–H groups in total. The third-order valence-electron chi connectivity index (χ3n) is 2.77. The van der Waals surface area contributed by atoms with Gasteiger partial charge in [0.25, 0.3) is 11.6 Å². The molecule has 4 nitrogen and oxygen atoms in total. The van der Waals surface area contributed by atoms with Gasteiger partial charge in [-0.05, 0) is 13.3 Å². The van der Waals surface area contributed by atoms with Crippen LogP contribution in [0.5, 0.6) is 6.01 Å². The lowest BCUT2D eigenvalue weighted by Gasteiger charge is -2.10. The first-order chi connectivity index (χ1) is 8.19. The molecule has 0 aliphatic rings. The summed E-state index contributed by atoms with van der Waals surface area (Å²) in [5.74, 6) is 0. The number of rotatable bonds is 7. The molecule has 0 aliphatic heterocycles. The van der Waals surface area contributed by atoms with Gasteiger partial charge >= 0.3 is 0 Å². The van der Waals surface area contributed by atoms with Gasteiger partial charge in [0.05, 0.1) is 7.11 Å². The Morgan fingerprint density at radius 3 is 2.65 bits per heavy atom. The summed E-state index contributed by atoms with van der Waals surface area (Å²) < 4.78 is 6.75. The molecule has 0 spiro atoms. The number of aryl methyl sites for hydroxylation is 1. The molecule has 0 aliphatic carbocycles. The number of unbranched alkanes of at least 4 members (excludes halogenated alkanes) is 4. The predicted octanol–water partition coefficient (Wildman–Crippen LogP) is 2.53. The Kier molecular flexibility index (Phi) is 5.73. The van der Waals surface area contributed by atoms with E-state index >= 15 is 0 Å². The largest absolute Gasteiger partial charge is 0.468 e. The SMILES string of the molecule is CCCCCCCn1c(OC)nc(C)cc1=O. The second kappa shape index (κ2) is 7.09. The van der Waals surface area contributed by atoms with Gasteiger partial charge < -0.3 is 4.74 Å². The molecule has 0 unspecified atom stereocenters. The van der Waals surface area contributed by atoms with Crippen LogP contribution in [0.1, 0.15) is 44.7 Å². The van der Waals surface area contributed by atoms with Crippen molar-refractivity contribution in [2.24, 2.45) is 0 Å². The van der Waals surface area contributed by atoms with Crippen LogP contribution in [0, 0.1) is 6.92 Å². The smallest absolute Gasteiger partial charge is 0.299 e. The highest BCUT2D eigenvalue weighted by Crippen LogP contribution is 2.08. The zero-order valence-electron chi connectivity index (χ0n) is 11.0. The van der Waals surface area contributed by atoms with E-state index in [0.29, 0.717) is 18.2 Å². The number of nitrogens with zero attached hydrogens (tertiary/aromatic N) is 2. The van der Waals surface area contributed by atoms with Crippen LogP contribution in [0.25, 0.3) is 0 Å². The molecular weight excluding hydrogens is 216 g/mol. The Morgan fingerprint density at radius 1 is 1.29 bits per heavy atom. The Bertz CT molecular complexity index is 399. The average Bonchev–Trinajstić information content (AvgIpc) is 2.30. The maximum Gasteiger partial charge on any atom is 0.299 e. The van der Waals surface area contributed by atoms with Crippen molar-refractivity contribution < 1.29 is 4.74 Å². The van der Waals surface area contributed by atoms with Gasteiger partial charge in [0.15, 0.2) is 0 Å². The molecule has 0 aromatic carbocycles. The van der Waals surface area contributed by atoms with Gasteiger partial charge in [0.2, 0.25) is 0 Å². The van der Waals surface area contributed by atoms with Gasteiger partial charge in [0, 0.05) is 18.3 Å². The van der Waals surface area contributed by atoms with Crippen molar-refractivity contribution in [3.63, 3.8) is 0 Å². The van der Waals surface area contributed by atoms with Crippen molar-refractivity contribution in [3.05, 3.63) is 22.1 Å². The first-order valence-electron chi connectivity index (χ1n) is 6.31. The minimum atomic E-state index is -0.0233. The van der Waals surface area contributed by atoms with Crippen LogP contribution in [-0.4, -0.2) is 16.7 Å². The van der Waals surface area contributed by atoms with Gasteiger partial charge in [0.1, 0.15) is 0 Å². The van der Waals surface area contributed by atoms with Crippen LogP contribution in [0.15, 0.2) is 10.9 Å². The van der Waals surface area contributed by atoms with E-state index in [0.717, 1.165) is 12.8 Å². The molecule has 0 bridgehead atoms. The van der Waals surface area contributed by atoms with Gasteiger partial charge in [-0.3, -0.25) is 9.36 Å². The molecule has 0 amide bonds. The summed E-state index contributed by atoms with van der Waals surface area (Å²) in [5.41, 5.74) is 0.680. The Hall–Kier alpha value is -1.32. The number of aromatic nitrogens is 2. The van der Waals surface area contributed by atoms with Crippen molar-refractivity contribution in [1.82, 2.24) is 9.55 Å². The van der Waals surface area contributed by atoms with Crippen LogP contribution >= 0.6 is 0 Å². The maximum absolute atomic E-state index is 11.8. The molecule has 0 fully saturated rings. The number of ether oxygens (including phenoxy) is 1. The molecule has 0 radical (unpaired) electrons. The standard InChI is InChI=1S/C13H22N2O2/c1-4-5-6-7-8-9-15-12(16)10-11(2)14-13(15)17-3/h10H,4-9H2,1-3H3. The number of hydrogen-bond donors (Lipinski definition) is 0. The van der Waals surface area contributed by atoms with E-state index in [4.69, 9.17) is 4.74 Å². The molecule has 1 aromatic heterocycles. The Morgan fingerprint density at radius 2 is 2.00 bits per heavy atom. The van der Waals surface area contributed by atoms with Gasteiger partial charge in [-0.1, -0.05) is 32.6 Å². The lowest BCUT2D eigenvalue weighted by molar-refractivity contribution is 0.340. The Labute approximate surface area is 103 Å². The summed E-state index contributed by atoms with van der Waals surface area (Å²) in [6.45, 7) is 4.69. The zero-order chi connectivity index (χ0) is 12.7.